The number of halogens is 1. The predicted octanol–water partition coefficient (Wildman–Crippen LogP) is 0.737. The minimum Gasteiger partial charge on any atom is -0.232 e. The van der Waals surface area contributed by atoms with Crippen LogP contribution in [0.5, 0.6) is 0 Å². The van der Waals surface area contributed by atoms with Crippen LogP contribution < -0.4 is 0 Å². The highest BCUT2D eigenvalue weighted by Gasteiger charge is 1.95. The highest BCUT2D eigenvalue weighted by atomic mass is 32.2. The lowest BCUT2D eigenvalue weighted by atomic mass is 10.2. The van der Waals surface area contributed by atoms with E-state index in [4.69, 9.17) is 0 Å². The molecule has 0 aliphatic rings. The fourth-order valence-electron chi connectivity index (χ4n) is 0.728. The Morgan fingerprint density at radius 2 is 2.27 bits per heavy atom. The maximum atomic E-state index is 12.4. The van der Waals surface area contributed by atoms with Crippen molar-refractivity contribution in [2.45, 2.75) is 5.75 Å². The highest BCUT2D eigenvalue weighted by molar-refractivity contribution is 7.71. The molecule has 4 heteroatoms. The van der Waals surface area contributed by atoms with Gasteiger partial charge in [-0.25, -0.2) is 12.8 Å². The van der Waals surface area contributed by atoms with Gasteiger partial charge in [-0.05, 0) is 11.6 Å². The summed E-state index contributed by atoms with van der Waals surface area (Å²) in [6.45, 7) is 0. The molecule has 1 aromatic rings. The van der Waals surface area contributed by atoms with Crippen molar-refractivity contribution < 1.29 is 12.8 Å². The van der Waals surface area contributed by atoms with E-state index in [0.717, 1.165) is 6.07 Å². The molecule has 2 nitrogen and oxygen atoms in total. The summed E-state index contributed by atoms with van der Waals surface area (Å²) in [6, 6.07) is 6.33. The van der Waals surface area contributed by atoms with E-state index in [1.165, 1.54) is 12.1 Å². The Hall–Kier alpha value is -0.900. The zero-order chi connectivity index (χ0) is 8.27. The quantitative estimate of drug-likeness (QED) is 0.669. The summed E-state index contributed by atoms with van der Waals surface area (Å²) in [5, 5.41) is 0. The molecule has 0 bridgehead atoms. The Morgan fingerprint density at radius 1 is 1.55 bits per heavy atom. The highest BCUT2D eigenvalue weighted by Crippen LogP contribution is 2.03. The number of rotatable bonds is 2. The van der Waals surface area contributed by atoms with Crippen LogP contribution in [-0.4, -0.2) is 8.42 Å². The molecule has 1 radical (unpaired) electrons. The standard InChI is InChI=1S/C7H6FO2S/c8-7-3-1-2-6(4-7)5-11(9)10/h1-2,4,11H,5H2. The third kappa shape index (κ3) is 2.67. The van der Waals surface area contributed by atoms with Crippen LogP contribution in [-0.2, 0) is 16.5 Å². The summed E-state index contributed by atoms with van der Waals surface area (Å²) >= 11 is 0. The van der Waals surface area contributed by atoms with Crippen molar-refractivity contribution in [3.63, 3.8) is 0 Å². The smallest absolute Gasteiger partial charge is 0.144 e. The van der Waals surface area contributed by atoms with Crippen LogP contribution in [0.2, 0.25) is 0 Å². The molecule has 0 saturated heterocycles. The summed E-state index contributed by atoms with van der Waals surface area (Å²) in [6.07, 6.45) is 0. The Bertz CT molecular complexity index is 312. The molecule has 1 aromatic carbocycles. The number of thiol groups is 1. The summed E-state index contributed by atoms with van der Waals surface area (Å²) in [5.41, 5.74) is 0.456. The lowest BCUT2D eigenvalue weighted by Gasteiger charge is -1.92. The van der Waals surface area contributed by atoms with Crippen LogP contribution in [0.15, 0.2) is 18.2 Å². The van der Waals surface area contributed by atoms with Gasteiger partial charge in [-0.3, -0.25) is 0 Å². The van der Waals surface area contributed by atoms with Gasteiger partial charge in [0.1, 0.15) is 16.5 Å². The molecule has 11 heavy (non-hydrogen) atoms. The monoisotopic (exact) mass is 173 g/mol. The Balaban J connectivity index is 2.87. The van der Waals surface area contributed by atoms with Crippen molar-refractivity contribution in [3.8, 4) is 0 Å². The molecule has 0 N–H and O–H groups in total. The molecule has 0 aliphatic carbocycles. The van der Waals surface area contributed by atoms with Crippen molar-refractivity contribution in [3.05, 3.63) is 35.6 Å². The van der Waals surface area contributed by atoms with E-state index in [0.29, 0.717) is 5.56 Å². The van der Waals surface area contributed by atoms with E-state index in [-0.39, 0.29) is 5.75 Å². The topological polar surface area (TPSA) is 34.1 Å². The van der Waals surface area contributed by atoms with E-state index in [9.17, 15) is 12.8 Å². The van der Waals surface area contributed by atoms with Gasteiger partial charge in [0, 0.05) is 6.07 Å². The molecule has 59 valence electrons. The van der Waals surface area contributed by atoms with Crippen LogP contribution >= 0.6 is 0 Å². The first-order valence-electron chi connectivity index (χ1n) is 2.96. The van der Waals surface area contributed by atoms with E-state index < -0.39 is 16.5 Å². The van der Waals surface area contributed by atoms with Crippen molar-refractivity contribution in [1.29, 1.82) is 0 Å². The fourth-order valence-corrected chi connectivity index (χ4v) is 1.22. The lowest BCUT2D eigenvalue weighted by Crippen LogP contribution is -1.87. The van der Waals surface area contributed by atoms with Crippen LogP contribution in [0.4, 0.5) is 4.39 Å². The van der Waals surface area contributed by atoms with Crippen LogP contribution in [0.3, 0.4) is 0 Å². The number of hydrogen-bond acceptors (Lipinski definition) is 2. The third-order valence-electron chi connectivity index (χ3n) is 1.14. The zero-order valence-corrected chi connectivity index (χ0v) is 6.48. The second-order valence-corrected chi connectivity index (χ2v) is 3.02. The van der Waals surface area contributed by atoms with Gasteiger partial charge in [0.2, 0.25) is 0 Å². The first kappa shape index (κ1) is 8.20. The van der Waals surface area contributed by atoms with E-state index in [1.54, 1.807) is 0 Å². The summed E-state index contributed by atoms with van der Waals surface area (Å²) < 4.78 is 32.7. The normalized spacial score (nSPS) is 10.4. The summed E-state index contributed by atoms with van der Waals surface area (Å²) in [5.74, 6) is -0.639. The summed E-state index contributed by atoms with van der Waals surface area (Å²) in [7, 11) is -2.47. The second-order valence-electron chi connectivity index (χ2n) is 2.04. The van der Waals surface area contributed by atoms with Gasteiger partial charge < -0.3 is 0 Å². The maximum absolute atomic E-state index is 12.4. The predicted molar refractivity (Wildman–Crippen MR) is 39.3 cm³/mol. The van der Waals surface area contributed by atoms with Crippen LogP contribution in [0, 0.1) is 11.9 Å². The van der Waals surface area contributed by atoms with Gasteiger partial charge in [-0.2, -0.15) is 0 Å². The van der Waals surface area contributed by atoms with Gasteiger partial charge in [-0.1, -0.05) is 12.1 Å². The number of hydrogen-bond donors (Lipinski definition) is 1. The first-order valence-corrected chi connectivity index (χ1v) is 4.32. The molecule has 0 spiro atoms. The van der Waals surface area contributed by atoms with Crippen molar-refractivity contribution in [2.75, 3.05) is 0 Å². The Morgan fingerprint density at radius 3 is 2.82 bits per heavy atom. The molecule has 1 rings (SSSR count). The van der Waals surface area contributed by atoms with Crippen molar-refractivity contribution in [1.82, 2.24) is 0 Å². The molecule has 0 atom stereocenters. The van der Waals surface area contributed by atoms with Gasteiger partial charge in [0.15, 0.2) is 0 Å². The van der Waals surface area contributed by atoms with Crippen LogP contribution in [0.1, 0.15) is 5.56 Å². The van der Waals surface area contributed by atoms with Gasteiger partial charge in [-0.15, -0.1) is 0 Å². The second kappa shape index (κ2) is 3.48. The first-order chi connectivity index (χ1) is 5.18. The average molecular weight is 173 g/mol. The average Bonchev–Trinajstić information content (AvgIpc) is 1.85. The Labute approximate surface area is 65.6 Å². The lowest BCUT2D eigenvalue weighted by molar-refractivity contribution is 0.612. The minimum atomic E-state index is -2.47. The Kier molecular flexibility index (Phi) is 2.59. The molecule has 0 amide bonds. The summed E-state index contributed by atoms with van der Waals surface area (Å²) in [4.78, 5) is 0. The molecule has 0 aliphatic heterocycles. The van der Waals surface area contributed by atoms with E-state index >= 15 is 0 Å². The van der Waals surface area contributed by atoms with E-state index in [1.807, 2.05) is 0 Å². The molecule has 0 saturated carbocycles. The molecular formula is C7H6FO2S. The van der Waals surface area contributed by atoms with Gasteiger partial charge in [0.05, 0.1) is 5.75 Å². The van der Waals surface area contributed by atoms with Crippen molar-refractivity contribution in [2.24, 2.45) is 0 Å². The molecular weight excluding hydrogens is 167 g/mol. The molecule has 0 unspecified atom stereocenters. The third-order valence-corrected chi connectivity index (χ3v) is 1.77. The van der Waals surface area contributed by atoms with Crippen LogP contribution in [0.25, 0.3) is 0 Å². The SMILES string of the molecule is O=[SH](=O)Cc1cc[c]c(F)c1. The van der Waals surface area contributed by atoms with Gasteiger partial charge in [0.25, 0.3) is 0 Å². The van der Waals surface area contributed by atoms with Crippen molar-refractivity contribution >= 4 is 10.7 Å². The zero-order valence-electron chi connectivity index (χ0n) is 5.58. The fraction of sp³-hybridized carbons (Fsp3) is 0.143. The number of benzene rings is 1. The minimum absolute atomic E-state index is 0.110. The maximum Gasteiger partial charge on any atom is 0.144 e. The molecule has 0 aromatic heterocycles. The van der Waals surface area contributed by atoms with Gasteiger partial charge >= 0.3 is 0 Å². The largest absolute Gasteiger partial charge is 0.232 e. The molecule has 0 heterocycles. The van der Waals surface area contributed by atoms with E-state index in [2.05, 4.69) is 6.07 Å². The molecule has 0 fully saturated rings.